The van der Waals surface area contributed by atoms with Crippen LogP contribution in [0.4, 0.5) is 4.39 Å². The predicted octanol–water partition coefficient (Wildman–Crippen LogP) is 1.88. The topological polar surface area (TPSA) is 83.6 Å². The molecule has 16 heavy (non-hydrogen) atoms. The van der Waals surface area contributed by atoms with Gasteiger partial charge in [0.15, 0.2) is 0 Å². The molecule has 2 rings (SSSR count). The smallest absolute Gasteiger partial charge is 0.374 e. The summed E-state index contributed by atoms with van der Waals surface area (Å²) < 4.78 is 17.2. The van der Waals surface area contributed by atoms with Crippen molar-refractivity contribution in [3.8, 4) is 17.0 Å². The third kappa shape index (κ3) is 1.72. The average molecular weight is 223 g/mol. The number of carboxylic acids is 1. The highest BCUT2D eigenvalue weighted by Gasteiger charge is 2.14. The molecule has 5 nitrogen and oxygen atoms in total. The Bertz CT molecular complexity index is 550. The van der Waals surface area contributed by atoms with Gasteiger partial charge in [0, 0.05) is 17.7 Å². The van der Waals surface area contributed by atoms with Crippen LogP contribution in [0.5, 0.6) is 5.75 Å². The number of phenolic OH excluding ortho intramolecular Hbond substituents is 1. The van der Waals surface area contributed by atoms with E-state index in [9.17, 15) is 14.3 Å². The normalized spacial score (nSPS) is 10.3. The molecule has 0 bridgehead atoms. The van der Waals surface area contributed by atoms with Crippen molar-refractivity contribution in [1.82, 2.24) is 5.16 Å². The van der Waals surface area contributed by atoms with Crippen molar-refractivity contribution in [2.75, 3.05) is 0 Å². The van der Waals surface area contributed by atoms with Gasteiger partial charge < -0.3 is 14.7 Å². The van der Waals surface area contributed by atoms with Gasteiger partial charge in [-0.3, -0.25) is 0 Å². The van der Waals surface area contributed by atoms with Crippen LogP contribution >= 0.6 is 0 Å². The number of carbonyl (C=O) groups is 1. The molecule has 2 N–H and O–H groups in total. The van der Waals surface area contributed by atoms with E-state index < -0.39 is 11.8 Å². The molecule has 0 aliphatic heterocycles. The van der Waals surface area contributed by atoms with Crippen LogP contribution in [-0.2, 0) is 0 Å². The minimum atomic E-state index is -1.26. The molecule has 0 spiro atoms. The zero-order valence-electron chi connectivity index (χ0n) is 7.85. The Hall–Kier alpha value is -2.37. The van der Waals surface area contributed by atoms with E-state index in [-0.39, 0.29) is 22.8 Å². The fourth-order valence-corrected chi connectivity index (χ4v) is 1.22. The first-order valence-corrected chi connectivity index (χ1v) is 4.27. The van der Waals surface area contributed by atoms with Crippen molar-refractivity contribution in [3.05, 3.63) is 35.8 Å². The highest BCUT2D eigenvalue weighted by molar-refractivity contribution is 5.86. The molecule has 2 aromatic rings. The van der Waals surface area contributed by atoms with E-state index in [1.54, 1.807) is 0 Å². The summed E-state index contributed by atoms with van der Waals surface area (Å²) in [5, 5.41) is 21.5. The van der Waals surface area contributed by atoms with Gasteiger partial charge >= 0.3 is 5.97 Å². The van der Waals surface area contributed by atoms with E-state index in [1.807, 2.05) is 0 Å². The fourth-order valence-electron chi connectivity index (χ4n) is 1.22. The number of aromatic hydroxyl groups is 1. The fraction of sp³-hybridized carbons (Fsp3) is 0. The molecule has 0 saturated carbocycles. The van der Waals surface area contributed by atoms with Crippen LogP contribution in [-0.4, -0.2) is 21.3 Å². The molecule has 1 aromatic heterocycles. The molecule has 1 heterocycles. The van der Waals surface area contributed by atoms with Crippen LogP contribution < -0.4 is 0 Å². The summed E-state index contributed by atoms with van der Waals surface area (Å²) in [6.07, 6.45) is 0. The Morgan fingerprint density at radius 1 is 1.38 bits per heavy atom. The van der Waals surface area contributed by atoms with E-state index >= 15 is 0 Å². The molecular weight excluding hydrogens is 217 g/mol. The quantitative estimate of drug-likeness (QED) is 0.812. The second-order valence-electron chi connectivity index (χ2n) is 3.04. The van der Waals surface area contributed by atoms with Crippen LogP contribution in [0, 0.1) is 5.82 Å². The molecule has 1 aromatic carbocycles. The lowest BCUT2D eigenvalue weighted by Crippen LogP contribution is -1.91. The highest BCUT2D eigenvalue weighted by atomic mass is 19.1. The van der Waals surface area contributed by atoms with E-state index in [0.717, 1.165) is 18.2 Å². The van der Waals surface area contributed by atoms with Gasteiger partial charge in [0.25, 0.3) is 0 Å². The van der Waals surface area contributed by atoms with Crippen molar-refractivity contribution < 1.29 is 23.9 Å². The van der Waals surface area contributed by atoms with Crippen LogP contribution in [0.3, 0.4) is 0 Å². The zero-order chi connectivity index (χ0) is 11.7. The van der Waals surface area contributed by atoms with Gasteiger partial charge in [-0.2, -0.15) is 0 Å². The largest absolute Gasteiger partial charge is 0.507 e. The molecule has 0 fully saturated rings. The summed E-state index contributed by atoms with van der Waals surface area (Å²) in [6, 6.07) is 4.47. The van der Waals surface area contributed by atoms with Crippen molar-refractivity contribution in [2.24, 2.45) is 0 Å². The maximum atomic E-state index is 12.7. The summed E-state index contributed by atoms with van der Waals surface area (Å²) in [7, 11) is 0. The van der Waals surface area contributed by atoms with Crippen molar-refractivity contribution in [3.63, 3.8) is 0 Å². The van der Waals surface area contributed by atoms with E-state index in [0.29, 0.717) is 0 Å². The summed E-state index contributed by atoms with van der Waals surface area (Å²) in [5.74, 6) is -2.53. The van der Waals surface area contributed by atoms with Crippen LogP contribution in [0.15, 0.2) is 28.8 Å². The maximum absolute atomic E-state index is 12.7. The van der Waals surface area contributed by atoms with E-state index in [4.69, 9.17) is 5.11 Å². The van der Waals surface area contributed by atoms with E-state index in [2.05, 4.69) is 9.68 Å². The van der Waals surface area contributed by atoms with Crippen molar-refractivity contribution in [1.29, 1.82) is 0 Å². The highest BCUT2D eigenvalue weighted by Crippen LogP contribution is 2.29. The van der Waals surface area contributed by atoms with Gasteiger partial charge in [0.05, 0.1) is 0 Å². The van der Waals surface area contributed by atoms with Gasteiger partial charge in [0.2, 0.25) is 5.76 Å². The van der Waals surface area contributed by atoms with Crippen molar-refractivity contribution >= 4 is 5.97 Å². The van der Waals surface area contributed by atoms with Gasteiger partial charge in [-0.05, 0) is 12.1 Å². The first-order chi connectivity index (χ1) is 7.58. The molecule has 0 aliphatic carbocycles. The minimum absolute atomic E-state index is 0.134. The number of carboxylic acid groups (broad SMARTS) is 1. The molecule has 82 valence electrons. The number of aromatic nitrogens is 1. The monoisotopic (exact) mass is 223 g/mol. The Morgan fingerprint density at radius 3 is 2.69 bits per heavy atom. The second-order valence-corrected chi connectivity index (χ2v) is 3.04. The van der Waals surface area contributed by atoms with Crippen LogP contribution in [0.2, 0.25) is 0 Å². The lowest BCUT2D eigenvalue weighted by molar-refractivity contribution is 0.0652. The Morgan fingerprint density at radius 2 is 2.12 bits per heavy atom. The number of phenols is 1. The number of hydrogen-bond donors (Lipinski definition) is 2. The van der Waals surface area contributed by atoms with E-state index in [1.165, 1.54) is 6.07 Å². The predicted molar refractivity (Wildman–Crippen MR) is 50.5 cm³/mol. The summed E-state index contributed by atoms with van der Waals surface area (Å²) in [4.78, 5) is 10.5. The molecule has 6 heteroatoms. The number of aromatic carboxylic acids is 1. The number of hydrogen-bond acceptors (Lipinski definition) is 4. The zero-order valence-corrected chi connectivity index (χ0v) is 7.85. The minimum Gasteiger partial charge on any atom is -0.507 e. The number of nitrogens with zero attached hydrogens (tertiary/aromatic N) is 1. The average Bonchev–Trinajstić information content (AvgIpc) is 2.66. The second kappa shape index (κ2) is 3.65. The van der Waals surface area contributed by atoms with Gasteiger partial charge in [-0.1, -0.05) is 5.16 Å². The molecule has 0 radical (unpaired) electrons. The molecule has 0 aliphatic rings. The summed E-state index contributed by atoms with van der Waals surface area (Å²) in [6.45, 7) is 0. The number of halogens is 1. The van der Waals surface area contributed by atoms with Gasteiger partial charge in [-0.25, -0.2) is 9.18 Å². The number of benzene rings is 1. The SMILES string of the molecule is O=C(O)c1cc(-c2ccc(F)cc2O)no1. The van der Waals surface area contributed by atoms with Crippen LogP contribution in [0.25, 0.3) is 11.3 Å². The standard InChI is InChI=1S/C10H6FNO4/c11-5-1-2-6(8(13)3-5)7-4-9(10(14)15)16-12-7/h1-4,13H,(H,14,15). The lowest BCUT2D eigenvalue weighted by Gasteiger charge is -1.99. The summed E-state index contributed by atoms with van der Waals surface area (Å²) >= 11 is 0. The van der Waals surface area contributed by atoms with Gasteiger partial charge in [0.1, 0.15) is 17.3 Å². The molecule has 0 atom stereocenters. The Kier molecular flexibility index (Phi) is 2.32. The molecular formula is C10H6FNO4. The molecule has 0 saturated heterocycles. The molecule has 0 unspecified atom stereocenters. The lowest BCUT2D eigenvalue weighted by atomic mass is 10.1. The third-order valence-electron chi connectivity index (χ3n) is 1.96. The van der Waals surface area contributed by atoms with Crippen LogP contribution in [0.1, 0.15) is 10.6 Å². The third-order valence-corrected chi connectivity index (χ3v) is 1.96. The Labute approximate surface area is 88.7 Å². The molecule has 0 amide bonds. The van der Waals surface area contributed by atoms with Crippen molar-refractivity contribution in [2.45, 2.75) is 0 Å². The first-order valence-electron chi connectivity index (χ1n) is 4.27. The summed E-state index contributed by atoms with van der Waals surface area (Å²) in [5.41, 5.74) is 0.340. The Balaban J connectivity index is 2.46. The first kappa shape index (κ1) is 10.2. The van der Waals surface area contributed by atoms with Gasteiger partial charge in [-0.15, -0.1) is 0 Å². The number of rotatable bonds is 2. The maximum Gasteiger partial charge on any atom is 0.374 e.